The second-order valence-electron chi connectivity index (χ2n) is 5.41. The normalized spacial score (nSPS) is 10.6. The van der Waals surface area contributed by atoms with Gasteiger partial charge in [0.2, 0.25) is 5.95 Å². The second kappa shape index (κ2) is 6.31. The molecule has 0 aliphatic heterocycles. The van der Waals surface area contributed by atoms with Crippen LogP contribution < -0.4 is 10.9 Å². The summed E-state index contributed by atoms with van der Waals surface area (Å²) in [5.41, 5.74) is 0.993. The minimum absolute atomic E-state index is 0.0879. The fourth-order valence-electron chi connectivity index (χ4n) is 2.49. The third-order valence-electron chi connectivity index (χ3n) is 3.69. The van der Waals surface area contributed by atoms with Gasteiger partial charge in [-0.25, -0.2) is 9.97 Å². The predicted octanol–water partition coefficient (Wildman–Crippen LogP) is 3.37. The van der Waals surface area contributed by atoms with Gasteiger partial charge in [0.1, 0.15) is 17.4 Å². The number of nitriles is 1. The highest BCUT2D eigenvalue weighted by atomic mass is 32.1. The van der Waals surface area contributed by atoms with Crippen molar-refractivity contribution >= 4 is 32.6 Å². The first-order valence-corrected chi connectivity index (χ1v) is 8.42. The van der Waals surface area contributed by atoms with Gasteiger partial charge in [-0.3, -0.25) is 9.78 Å². The van der Waals surface area contributed by atoms with E-state index in [0.29, 0.717) is 10.7 Å². The molecule has 4 rings (SSSR count). The molecule has 4 aromatic rings. The highest BCUT2D eigenvalue weighted by Crippen LogP contribution is 2.28. The summed E-state index contributed by atoms with van der Waals surface area (Å²) in [6, 6.07) is 15.7. The van der Waals surface area contributed by atoms with Gasteiger partial charge < -0.3 is 10.4 Å². The van der Waals surface area contributed by atoms with Crippen LogP contribution in [0, 0.1) is 11.3 Å². The number of H-pyrrole nitrogens is 1. The monoisotopic (exact) mass is 361 g/mol. The van der Waals surface area contributed by atoms with Crippen LogP contribution in [0.1, 0.15) is 5.56 Å². The minimum atomic E-state index is -0.547. The molecule has 26 heavy (non-hydrogen) atoms. The summed E-state index contributed by atoms with van der Waals surface area (Å²) < 4.78 is 1.00. The largest absolute Gasteiger partial charge is 0.508 e. The Morgan fingerprint density at radius 2 is 1.88 bits per heavy atom. The number of hydrogen-bond donors (Lipinski definition) is 3. The number of aromatic nitrogens is 3. The average molecular weight is 361 g/mol. The molecule has 0 unspecified atom stereocenters. The fraction of sp³-hybridized carbons (Fsp3) is 0. The molecule has 0 spiro atoms. The van der Waals surface area contributed by atoms with Crippen molar-refractivity contribution < 1.29 is 5.11 Å². The molecule has 126 valence electrons. The van der Waals surface area contributed by atoms with Crippen LogP contribution in [0.3, 0.4) is 0 Å². The van der Waals surface area contributed by atoms with E-state index in [2.05, 4.69) is 20.3 Å². The van der Waals surface area contributed by atoms with Crippen molar-refractivity contribution in [2.75, 3.05) is 5.32 Å². The Balaban J connectivity index is 1.78. The van der Waals surface area contributed by atoms with Gasteiger partial charge >= 0.3 is 0 Å². The number of hydrogen-bond acceptors (Lipinski definition) is 7. The number of nitrogens with zero attached hydrogens (tertiary/aromatic N) is 3. The van der Waals surface area contributed by atoms with Crippen molar-refractivity contribution in [2.45, 2.75) is 0 Å². The van der Waals surface area contributed by atoms with Crippen LogP contribution in [0.4, 0.5) is 11.1 Å². The number of phenols is 1. The number of aromatic hydroxyl groups is 1. The number of aromatic amines is 1. The van der Waals surface area contributed by atoms with Gasteiger partial charge in [-0.2, -0.15) is 5.26 Å². The lowest BCUT2D eigenvalue weighted by Crippen LogP contribution is -2.16. The molecule has 2 heterocycles. The van der Waals surface area contributed by atoms with Crippen LogP contribution in [0.2, 0.25) is 0 Å². The lowest BCUT2D eigenvalue weighted by Gasteiger charge is -2.07. The van der Waals surface area contributed by atoms with Gasteiger partial charge in [-0.05, 0) is 36.4 Å². The summed E-state index contributed by atoms with van der Waals surface area (Å²) in [6.07, 6.45) is 0. The highest BCUT2D eigenvalue weighted by Gasteiger charge is 2.14. The van der Waals surface area contributed by atoms with E-state index in [9.17, 15) is 15.2 Å². The lowest BCUT2D eigenvalue weighted by molar-refractivity contribution is 0.475. The molecule has 0 saturated carbocycles. The van der Waals surface area contributed by atoms with Crippen LogP contribution in [0.25, 0.3) is 21.5 Å². The molecule has 0 bridgehead atoms. The SMILES string of the molecule is N#Cc1c(-c2ccc(O)cc2)nc(Nc2nc3ccccc3s2)[nH]c1=O. The molecule has 0 amide bonds. The number of nitrogens with one attached hydrogen (secondary N) is 2. The Morgan fingerprint density at radius 1 is 1.12 bits per heavy atom. The summed E-state index contributed by atoms with van der Waals surface area (Å²) in [6.45, 7) is 0. The maximum atomic E-state index is 12.3. The molecule has 3 N–H and O–H groups in total. The highest BCUT2D eigenvalue weighted by molar-refractivity contribution is 7.22. The van der Waals surface area contributed by atoms with Crippen LogP contribution in [0.5, 0.6) is 5.75 Å². The van der Waals surface area contributed by atoms with Crippen LogP contribution in [-0.4, -0.2) is 20.1 Å². The van der Waals surface area contributed by atoms with E-state index in [4.69, 9.17) is 0 Å². The maximum absolute atomic E-state index is 12.3. The summed E-state index contributed by atoms with van der Waals surface area (Å²) in [4.78, 5) is 23.6. The number of rotatable bonds is 3. The molecule has 0 aliphatic carbocycles. The molecule has 8 heteroatoms. The summed E-state index contributed by atoms with van der Waals surface area (Å²) in [5, 5.41) is 22.3. The Kier molecular flexibility index (Phi) is 3.84. The first-order chi connectivity index (χ1) is 12.6. The molecule has 2 aromatic carbocycles. The molecule has 0 aliphatic rings. The Labute approximate surface area is 151 Å². The zero-order chi connectivity index (χ0) is 18.1. The van der Waals surface area contributed by atoms with Crippen LogP contribution in [0.15, 0.2) is 53.3 Å². The van der Waals surface area contributed by atoms with Crippen molar-refractivity contribution in [2.24, 2.45) is 0 Å². The standard InChI is InChI=1S/C18H11N5O2S/c19-9-12-15(10-5-7-11(24)8-6-10)21-17(22-16(12)25)23-18-20-13-3-1-2-4-14(13)26-18/h1-8,24H,(H2,20,21,22,23,25). The Morgan fingerprint density at radius 3 is 2.62 bits per heavy atom. The van der Waals surface area contributed by atoms with Crippen molar-refractivity contribution in [1.82, 2.24) is 15.0 Å². The minimum Gasteiger partial charge on any atom is -0.508 e. The second-order valence-corrected chi connectivity index (χ2v) is 6.44. The molecule has 0 fully saturated rings. The molecule has 0 radical (unpaired) electrons. The van der Waals surface area contributed by atoms with Gasteiger partial charge in [-0.15, -0.1) is 0 Å². The van der Waals surface area contributed by atoms with Gasteiger partial charge in [0.05, 0.1) is 15.9 Å². The number of benzene rings is 2. The van der Waals surface area contributed by atoms with Crippen molar-refractivity contribution in [3.63, 3.8) is 0 Å². The van der Waals surface area contributed by atoms with Crippen molar-refractivity contribution in [1.29, 1.82) is 5.26 Å². The van der Waals surface area contributed by atoms with E-state index in [1.165, 1.54) is 23.5 Å². The van der Waals surface area contributed by atoms with E-state index in [-0.39, 0.29) is 23.0 Å². The molecule has 0 atom stereocenters. The lowest BCUT2D eigenvalue weighted by atomic mass is 10.1. The van der Waals surface area contributed by atoms with Crippen LogP contribution >= 0.6 is 11.3 Å². The smallest absolute Gasteiger partial charge is 0.270 e. The fourth-order valence-corrected chi connectivity index (χ4v) is 3.36. The molecule has 0 saturated heterocycles. The Hall–Kier alpha value is -3.70. The van der Waals surface area contributed by atoms with Crippen molar-refractivity contribution in [3.05, 3.63) is 64.4 Å². The summed E-state index contributed by atoms with van der Waals surface area (Å²) >= 11 is 1.43. The van der Waals surface area contributed by atoms with E-state index >= 15 is 0 Å². The van der Waals surface area contributed by atoms with E-state index in [0.717, 1.165) is 10.2 Å². The average Bonchev–Trinajstić information content (AvgIpc) is 3.04. The number of anilines is 2. The van der Waals surface area contributed by atoms with Gasteiger partial charge in [-0.1, -0.05) is 23.5 Å². The zero-order valence-corrected chi connectivity index (χ0v) is 14.0. The van der Waals surface area contributed by atoms with Crippen LogP contribution in [-0.2, 0) is 0 Å². The van der Waals surface area contributed by atoms with E-state index < -0.39 is 5.56 Å². The first kappa shape index (κ1) is 15.8. The molecular weight excluding hydrogens is 350 g/mol. The number of fused-ring (bicyclic) bond motifs is 1. The molecule has 7 nitrogen and oxygen atoms in total. The van der Waals surface area contributed by atoms with Crippen molar-refractivity contribution in [3.8, 4) is 23.1 Å². The number of para-hydroxylation sites is 1. The van der Waals surface area contributed by atoms with E-state index in [1.807, 2.05) is 30.3 Å². The quantitative estimate of drug-likeness (QED) is 0.515. The van der Waals surface area contributed by atoms with E-state index in [1.54, 1.807) is 12.1 Å². The number of phenolic OH excluding ortho intramolecular Hbond substituents is 1. The molecule has 2 aromatic heterocycles. The third-order valence-corrected chi connectivity index (χ3v) is 4.64. The summed E-state index contributed by atoms with van der Waals surface area (Å²) in [7, 11) is 0. The van der Waals surface area contributed by atoms with Gasteiger partial charge in [0, 0.05) is 5.56 Å². The predicted molar refractivity (Wildman–Crippen MR) is 99.6 cm³/mol. The zero-order valence-electron chi connectivity index (χ0n) is 13.2. The topological polar surface area (TPSA) is 115 Å². The number of thiazole rings is 1. The molecular formula is C18H11N5O2S. The third kappa shape index (κ3) is 2.87. The van der Waals surface area contributed by atoms with Gasteiger partial charge in [0.15, 0.2) is 5.13 Å². The van der Waals surface area contributed by atoms with Gasteiger partial charge in [0.25, 0.3) is 5.56 Å². The maximum Gasteiger partial charge on any atom is 0.270 e. The summed E-state index contributed by atoms with van der Waals surface area (Å²) in [5.74, 6) is 0.279. The Bertz CT molecular complexity index is 1170. The first-order valence-electron chi connectivity index (χ1n) is 7.60.